The number of carbonyl (C=O) groups is 1. The van der Waals surface area contributed by atoms with Crippen LogP contribution in [-0.2, 0) is 16.0 Å². The highest BCUT2D eigenvalue weighted by molar-refractivity contribution is 5.78. The van der Waals surface area contributed by atoms with Crippen LogP contribution in [0.15, 0.2) is 24.3 Å². The maximum atomic E-state index is 13.1. The van der Waals surface area contributed by atoms with Crippen molar-refractivity contribution < 1.29 is 13.9 Å². The van der Waals surface area contributed by atoms with Crippen LogP contribution in [0.4, 0.5) is 4.39 Å². The van der Waals surface area contributed by atoms with Crippen molar-refractivity contribution in [2.45, 2.75) is 38.4 Å². The van der Waals surface area contributed by atoms with Crippen LogP contribution in [0.5, 0.6) is 0 Å². The van der Waals surface area contributed by atoms with Crippen molar-refractivity contribution in [3.8, 4) is 0 Å². The first-order valence-corrected chi connectivity index (χ1v) is 7.29. The van der Waals surface area contributed by atoms with Gasteiger partial charge in [0, 0.05) is 19.0 Å². The van der Waals surface area contributed by atoms with Gasteiger partial charge in [-0.3, -0.25) is 4.79 Å². The van der Waals surface area contributed by atoms with Crippen LogP contribution in [0.2, 0.25) is 0 Å². The number of ether oxygens (including phenoxy) is 1. The third-order valence-electron chi connectivity index (χ3n) is 4.30. The molecule has 2 saturated heterocycles. The number of nitrogens with zero attached hydrogens (tertiary/aromatic N) is 1. The number of rotatable bonds is 2. The number of halogens is 1. The summed E-state index contributed by atoms with van der Waals surface area (Å²) in [5.41, 5.74) is 0.744. The van der Waals surface area contributed by atoms with E-state index in [4.69, 9.17) is 4.74 Å². The molecule has 0 aliphatic carbocycles. The first kappa shape index (κ1) is 13.6. The molecule has 1 aromatic rings. The highest BCUT2D eigenvalue weighted by atomic mass is 19.1. The van der Waals surface area contributed by atoms with Crippen molar-refractivity contribution in [2.75, 3.05) is 13.1 Å². The Morgan fingerprint density at radius 1 is 1.50 bits per heavy atom. The van der Waals surface area contributed by atoms with E-state index in [0.717, 1.165) is 31.5 Å². The fourth-order valence-corrected chi connectivity index (χ4v) is 3.36. The quantitative estimate of drug-likeness (QED) is 0.830. The molecule has 0 bridgehead atoms. The molecule has 108 valence electrons. The summed E-state index contributed by atoms with van der Waals surface area (Å²) in [6.07, 6.45) is 2.87. The Bertz CT molecular complexity index is 505. The van der Waals surface area contributed by atoms with Crippen molar-refractivity contribution in [1.29, 1.82) is 0 Å². The van der Waals surface area contributed by atoms with Gasteiger partial charge in [0.25, 0.3) is 0 Å². The third-order valence-corrected chi connectivity index (χ3v) is 4.30. The van der Waals surface area contributed by atoms with Gasteiger partial charge in [-0.05, 0) is 37.5 Å². The van der Waals surface area contributed by atoms with Crippen molar-refractivity contribution >= 4 is 5.91 Å². The molecule has 3 nitrogen and oxygen atoms in total. The average Bonchev–Trinajstić information content (AvgIpc) is 2.77. The summed E-state index contributed by atoms with van der Waals surface area (Å²) in [6, 6.07) is 6.29. The normalized spacial score (nSPS) is 29.3. The first-order chi connectivity index (χ1) is 9.61. The van der Waals surface area contributed by atoms with E-state index in [9.17, 15) is 9.18 Å². The Morgan fingerprint density at radius 2 is 2.35 bits per heavy atom. The molecule has 1 amide bonds. The lowest BCUT2D eigenvalue weighted by Gasteiger charge is -2.34. The third kappa shape index (κ3) is 2.85. The predicted molar refractivity (Wildman–Crippen MR) is 73.7 cm³/mol. The van der Waals surface area contributed by atoms with Gasteiger partial charge in [-0.2, -0.15) is 0 Å². The number of benzene rings is 1. The molecule has 3 rings (SSSR count). The monoisotopic (exact) mass is 277 g/mol. The molecule has 0 unspecified atom stereocenters. The van der Waals surface area contributed by atoms with Crippen LogP contribution in [-0.4, -0.2) is 36.1 Å². The standard InChI is InChI=1S/C16H20FNO2/c1-11-7-13-10-18(6-5-15(13)20-11)16(19)9-12-3-2-4-14(17)8-12/h2-4,8,11,13,15H,5-7,9-10H2,1H3/t11-,13-,15-/m0/s1. The summed E-state index contributed by atoms with van der Waals surface area (Å²) in [6.45, 7) is 3.63. The molecule has 4 heteroatoms. The van der Waals surface area contributed by atoms with Crippen molar-refractivity contribution in [2.24, 2.45) is 5.92 Å². The predicted octanol–water partition coefficient (Wildman–Crippen LogP) is 2.39. The maximum absolute atomic E-state index is 13.1. The van der Waals surface area contributed by atoms with Gasteiger partial charge in [-0.15, -0.1) is 0 Å². The molecule has 2 fully saturated rings. The van der Waals surface area contributed by atoms with E-state index in [2.05, 4.69) is 6.92 Å². The Balaban J connectivity index is 1.61. The number of likely N-dealkylation sites (tertiary alicyclic amines) is 1. The number of fused-ring (bicyclic) bond motifs is 1. The molecule has 0 saturated carbocycles. The minimum absolute atomic E-state index is 0.0913. The van der Waals surface area contributed by atoms with Crippen LogP contribution < -0.4 is 0 Å². The summed E-state index contributed by atoms with van der Waals surface area (Å²) in [7, 11) is 0. The van der Waals surface area contributed by atoms with Gasteiger partial charge in [0.15, 0.2) is 0 Å². The minimum Gasteiger partial charge on any atom is -0.375 e. The molecule has 1 aromatic carbocycles. The fourth-order valence-electron chi connectivity index (χ4n) is 3.36. The van der Waals surface area contributed by atoms with Gasteiger partial charge in [0.05, 0.1) is 18.6 Å². The van der Waals surface area contributed by atoms with Crippen molar-refractivity contribution in [3.05, 3.63) is 35.6 Å². The highest BCUT2D eigenvalue weighted by Crippen LogP contribution is 2.32. The summed E-state index contributed by atoms with van der Waals surface area (Å²) in [5.74, 6) is 0.274. The minimum atomic E-state index is -0.285. The molecule has 0 aromatic heterocycles. The summed E-state index contributed by atoms with van der Waals surface area (Å²) >= 11 is 0. The van der Waals surface area contributed by atoms with Gasteiger partial charge in [0.2, 0.25) is 5.91 Å². The van der Waals surface area contributed by atoms with Crippen molar-refractivity contribution in [3.63, 3.8) is 0 Å². The van der Waals surface area contributed by atoms with Gasteiger partial charge in [-0.25, -0.2) is 4.39 Å². The smallest absolute Gasteiger partial charge is 0.227 e. The van der Waals surface area contributed by atoms with Crippen molar-refractivity contribution in [1.82, 2.24) is 4.90 Å². The van der Waals surface area contributed by atoms with E-state index >= 15 is 0 Å². The van der Waals surface area contributed by atoms with Gasteiger partial charge in [-0.1, -0.05) is 12.1 Å². The zero-order valence-corrected chi connectivity index (χ0v) is 11.7. The Kier molecular flexibility index (Phi) is 3.74. The molecule has 2 aliphatic rings. The molecule has 20 heavy (non-hydrogen) atoms. The molecular formula is C16H20FNO2. The zero-order chi connectivity index (χ0) is 14.1. The number of piperidine rings is 1. The summed E-state index contributed by atoms with van der Waals surface area (Å²) in [4.78, 5) is 14.2. The second-order valence-electron chi connectivity index (χ2n) is 5.92. The van der Waals surface area contributed by atoms with Crippen LogP contribution in [0.25, 0.3) is 0 Å². The number of hydrogen-bond acceptors (Lipinski definition) is 2. The van der Waals surface area contributed by atoms with E-state index in [1.807, 2.05) is 4.90 Å². The first-order valence-electron chi connectivity index (χ1n) is 7.29. The van der Waals surface area contributed by atoms with E-state index in [1.165, 1.54) is 12.1 Å². The van der Waals surface area contributed by atoms with Gasteiger partial charge in [0.1, 0.15) is 5.82 Å². The van der Waals surface area contributed by atoms with E-state index in [1.54, 1.807) is 12.1 Å². The van der Waals surface area contributed by atoms with Gasteiger partial charge >= 0.3 is 0 Å². The molecule has 2 heterocycles. The second-order valence-corrected chi connectivity index (χ2v) is 5.92. The Hall–Kier alpha value is -1.42. The lowest BCUT2D eigenvalue weighted by molar-refractivity contribution is -0.133. The Labute approximate surface area is 118 Å². The topological polar surface area (TPSA) is 29.5 Å². The van der Waals surface area contributed by atoms with E-state index < -0.39 is 0 Å². The lowest BCUT2D eigenvalue weighted by atomic mass is 9.92. The number of amides is 1. The second kappa shape index (κ2) is 5.52. The van der Waals surface area contributed by atoms with Crippen LogP contribution in [0.3, 0.4) is 0 Å². The maximum Gasteiger partial charge on any atom is 0.227 e. The molecule has 0 N–H and O–H groups in total. The SMILES string of the molecule is C[C@H]1C[C@H]2CN(C(=O)Cc3cccc(F)c3)CC[C@@H]2O1. The molecule has 3 atom stereocenters. The number of carbonyl (C=O) groups excluding carboxylic acids is 1. The molecular weight excluding hydrogens is 257 g/mol. The van der Waals surface area contributed by atoms with E-state index in [-0.39, 0.29) is 18.1 Å². The largest absolute Gasteiger partial charge is 0.375 e. The average molecular weight is 277 g/mol. The lowest BCUT2D eigenvalue weighted by Crippen LogP contribution is -2.45. The van der Waals surface area contributed by atoms with Gasteiger partial charge < -0.3 is 9.64 Å². The Morgan fingerprint density at radius 3 is 3.15 bits per heavy atom. The summed E-state index contributed by atoms with van der Waals surface area (Å²) < 4.78 is 19.0. The number of hydrogen-bond donors (Lipinski definition) is 0. The fraction of sp³-hybridized carbons (Fsp3) is 0.562. The van der Waals surface area contributed by atoms with Crippen LogP contribution >= 0.6 is 0 Å². The molecule has 0 radical (unpaired) electrons. The zero-order valence-electron chi connectivity index (χ0n) is 11.7. The van der Waals surface area contributed by atoms with E-state index in [0.29, 0.717) is 18.1 Å². The molecule has 2 aliphatic heterocycles. The van der Waals surface area contributed by atoms with Crippen LogP contribution in [0, 0.1) is 11.7 Å². The highest BCUT2D eigenvalue weighted by Gasteiger charge is 2.38. The summed E-state index contributed by atoms with van der Waals surface area (Å²) in [5, 5.41) is 0. The van der Waals surface area contributed by atoms with Crippen LogP contribution in [0.1, 0.15) is 25.3 Å². The molecule has 0 spiro atoms.